The van der Waals surface area contributed by atoms with E-state index in [1.165, 1.54) is 17.7 Å². The van der Waals surface area contributed by atoms with Crippen molar-refractivity contribution in [3.63, 3.8) is 0 Å². The first-order valence-electron chi connectivity index (χ1n) is 7.60. The largest absolute Gasteiger partial charge is 0.273 e. The summed E-state index contributed by atoms with van der Waals surface area (Å²) in [5.41, 5.74) is 4.97. The Morgan fingerprint density at radius 3 is 2.54 bits per heavy atom. The molecule has 0 spiro atoms. The van der Waals surface area contributed by atoms with Gasteiger partial charge in [-0.1, -0.05) is 36.4 Å². The van der Waals surface area contributed by atoms with Crippen molar-refractivity contribution >= 4 is 17.3 Å². The van der Waals surface area contributed by atoms with Crippen molar-refractivity contribution in [2.24, 2.45) is 5.10 Å². The molecular formula is C18H19N3O3. The van der Waals surface area contributed by atoms with E-state index >= 15 is 0 Å². The van der Waals surface area contributed by atoms with Crippen LogP contribution in [0.5, 0.6) is 0 Å². The minimum atomic E-state index is -0.500. The number of benzene rings is 2. The molecule has 6 heteroatoms. The molecule has 0 bridgehead atoms. The van der Waals surface area contributed by atoms with E-state index in [0.29, 0.717) is 5.56 Å². The zero-order chi connectivity index (χ0) is 17.5. The predicted octanol–water partition coefficient (Wildman–Crippen LogP) is 3.64. The molecule has 0 aliphatic carbocycles. The van der Waals surface area contributed by atoms with Gasteiger partial charge in [-0.05, 0) is 38.3 Å². The van der Waals surface area contributed by atoms with Crippen molar-refractivity contribution in [1.82, 2.24) is 5.43 Å². The SMILES string of the molecule is C/C(CCc1ccccc1)=N/NC(=O)c1cccc([N+](=O)[O-])c1C. The lowest BCUT2D eigenvalue weighted by Gasteiger charge is -2.06. The number of hydrogen-bond acceptors (Lipinski definition) is 4. The lowest BCUT2D eigenvalue weighted by Crippen LogP contribution is -2.20. The summed E-state index contributed by atoms with van der Waals surface area (Å²) in [6.07, 6.45) is 1.56. The second-order valence-corrected chi connectivity index (χ2v) is 5.48. The first-order chi connectivity index (χ1) is 11.5. The lowest BCUT2D eigenvalue weighted by molar-refractivity contribution is -0.385. The number of nitrogens with zero attached hydrogens (tertiary/aromatic N) is 2. The average Bonchev–Trinajstić information content (AvgIpc) is 2.58. The molecule has 2 rings (SSSR count). The molecule has 2 aromatic rings. The molecule has 0 fully saturated rings. The van der Waals surface area contributed by atoms with Crippen LogP contribution in [0.4, 0.5) is 5.69 Å². The van der Waals surface area contributed by atoms with Gasteiger partial charge in [0.05, 0.1) is 10.5 Å². The number of rotatable bonds is 6. The number of carbonyl (C=O) groups is 1. The van der Waals surface area contributed by atoms with E-state index < -0.39 is 10.8 Å². The quantitative estimate of drug-likeness (QED) is 0.500. The van der Waals surface area contributed by atoms with Gasteiger partial charge in [0.1, 0.15) is 0 Å². The minimum Gasteiger partial charge on any atom is -0.267 e. The van der Waals surface area contributed by atoms with E-state index in [0.717, 1.165) is 18.6 Å². The van der Waals surface area contributed by atoms with E-state index in [4.69, 9.17) is 0 Å². The van der Waals surface area contributed by atoms with Gasteiger partial charge < -0.3 is 0 Å². The Morgan fingerprint density at radius 1 is 1.17 bits per heavy atom. The Bertz CT molecular complexity index is 770. The maximum absolute atomic E-state index is 12.2. The highest BCUT2D eigenvalue weighted by molar-refractivity contribution is 5.97. The molecule has 1 N–H and O–H groups in total. The van der Waals surface area contributed by atoms with Crippen LogP contribution in [0, 0.1) is 17.0 Å². The van der Waals surface area contributed by atoms with Gasteiger partial charge in [-0.25, -0.2) is 5.43 Å². The van der Waals surface area contributed by atoms with Gasteiger partial charge in [0.2, 0.25) is 0 Å². The molecule has 2 aromatic carbocycles. The predicted molar refractivity (Wildman–Crippen MR) is 93.2 cm³/mol. The maximum atomic E-state index is 12.2. The first kappa shape index (κ1) is 17.3. The van der Waals surface area contributed by atoms with Crippen molar-refractivity contribution in [1.29, 1.82) is 0 Å². The van der Waals surface area contributed by atoms with Crippen molar-refractivity contribution < 1.29 is 9.72 Å². The summed E-state index contributed by atoms with van der Waals surface area (Å²) in [6, 6.07) is 14.4. The molecule has 0 radical (unpaired) electrons. The number of carbonyl (C=O) groups excluding carboxylic acids is 1. The normalized spacial score (nSPS) is 11.2. The third-order valence-electron chi connectivity index (χ3n) is 3.71. The summed E-state index contributed by atoms with van der Waals surface area (Å²) in [4.78, 5) is 22.6. The molecular weight excluding hydrogens is 306 g/mol. The van der Waals surface area contributed by atoms with Gasteiger partial charge in [0, 0.05) is 17.3 Å². The summed E-state index contributed by atoms with van der Waals surface area (Å²) in [6.45, 7) is 3.39. The fourth-order valence-corrected chi connectivity index (χ4v) is 2.30. The van der Waals surface area contributed by atoms with Crippen LogP contribution in [0.1, 0.15) is 34.8 Å². The van der Waals surface area contributed by atoms with Gasteiger partial charge in [-0.2, -0.15) is 5.10 Å². The molecule has 0 atom stereocenters. The molecule has 6 nitrogen and oxygen atoms in total. The molecule has 24 heavy (non-hydrogen) atoms. The van der Waals surface area contributed by atoms with Crippen LogP contribution >= 0.6 is 0 Å². The third-order valence-corrected chi connectivity index (χ3v) is 3.71. The Kier molecular flexibility index (Phi) is 5.78. The Balaban J connectivity index is 1.99. The highest BCUT2D eigenvalue weighted by atomic mass is 16.6. The molecule has 124 valence electrons. The molecule has 0 unspecified atom stereocenters. The fourth-order valence-electron chi connectivity index (χ4n) is 2.30. The summed E-state index contributed by atoms with van der Waals surface area (Å²) in [5, 5.41) is 15.0. The fraction of sp³-hybridized carbons (Fsp3) is 0.222. The van der Waals surface area contributed by atoms with Crippen LogP contribution in [-0.4, -0.2) is 16.5 Å². The van der Waals surface area contributed by atoms with E-state index in [1.807, 2.05) is 37.3 Å². The number of amides is 1. The number of nitrogens with one attached hydrogen (secondary N) is 1. The Morgan fingerprint density at radius 2 is 1.88 bits per heavy atom. The number of nitro benzene ring substituents is 1. The van der Waals surface area contributed by atoms with Crippen molar-refractivity contribution in [3.8, 4) is 0 Å². The maximum Gasteiger partial charge on any atom is 0.273 e. The summed E-state index contributed by atoms with van der Waals surface area (Å²) >= 11 is 0. The van der Waals surface area contributed by atoms with Crippen LogP contribution in [0.25, 0.3) is 0 Å². The van der Waals surface area contributed by atoms with Crippen LogP contribution in [0.15, 0.2) is 53.6 Å². The summed E-state index contributed by atoms with van der Waals surface area (Å²) < 4.78 is 0. The zero-order valence-electron chi connectivity index (χ0n) is 13.7. The molecule has 0 aromatic heterocycles. The molecule has 0 saturated heterocycles. The smallest absolute Gasteiger partial charge is 0.267 e. The molecule has 1 amide bonds. The van der Waals surface area contributed by atoms with Gasteiger partial charge in [-0.15, -0.1) is 0 Å². The highest BCUT2D eigenvalue weighted by Crippen LogP contribution is 2.20. The zero-order valence-corrected chi connectivity index (χ0v) is 13.7. The average molecular weight is 325 g/mol. The van der Waals surface area contributed by atoms with E-state index in [-0.39, 0.29) is 11.3 Å². The summed E-state index contributed by atoms with van der Waals surface area (Å²) in [5.74, 6) is -0.449. The Labute approximate surface area is 140 Å². The van der Waals surface area contributed by atoms with Crippen molar-refractivity contribution in [2.75, 3.05) is 0 Å². The topological polar surface area (TPSA) is 84.6 Å². The Hall–Kier alpha value is -3.02. The van der Waals surface area contributed by atoms with E-state index in [1.54, 1.807) is 13.0 Å². The second kappa shape index (κ2) is 8.01. The minimum absolute atomic E-state index is 0.0765. The van der Waals surface area contributed by atoms with Gasteiger partial charge in [0.15, 0.2) is 0 Å². The molecule has 0 heterocycles. The number of hydrazone groups is 1. The van der Waals surface area contributed by atoms with E-state index in [2.05, 4.69) is 10.5 Å². The first-order valence-corrected chi connectivity index (χ1v) is 7.60. The van der Waals surface area contributed by atoms with Crippen LogP contribution in [0.3, 0.4) is 0 Å². The second-order valence-electron chi connectivity index (χ2n) is 5.48. The van der Waals surface area contributed by atoms with E-state index in [9.17, 15) is 14.9 Å². The van der Waals surface area contributed by atoms with Crippen molar-refractivity contribution in [3.05, 3.63) is 75.3 Å². The monoisotopic (exact) mass is 325 g/mol. The number of aryl methyl sites for hydroxylation is 1. The third kappa shape index (κ3) is 4.49. The molecule has 0 aliphatic heterocycles. The van der Waals surface area contributed by atoms with Gasteiger partial charge >= 0.3 is 0 Å². The molecule has 0 aliphatic rings. The van der Waals surface area contributed by atoms with Crippen LogP contribution in [-0.2, 0) is 6.42 Å². The lowest BCUT2D eigenvalue weighted by atomic mass is 10.1. The highest BCUT2D eigenvalue weighted by Gasteiger charge is 2.17. The number of nitro groups is 1. The van der Waals surface area contributed by atoms with Gasteiger partial charge in [-0.3, -0.25) is 14.9 Å². The number of hydrogen-bond donors (Lipinski definition) is 1. The summed E-state index contributed by atoms with van der Waals surface area (Å²) in [7, 11) is 0. The standard InChI is InChI=1S/C18H19N3O3/c1-13(11-12-15-7-4-3-5-8-15)19-20-18(22)16-9-6-10-17(14(16)2)21(23)24/h3-10H,11-12H2,1-2H3,(H,20,22)/b19-13-. The van der Waals surface area contributed by atoms with Crippen LogP contribution < -0.4 is 5.43 Å². The van der Waals surface area contributed by atoms with Crippen molar-refractivity contribution in [2.45, 2.75) is 26.7 Å². The molecule has 0 saturated carbocycles. The van der Waals surface area contributed by atoms with Crippen LogP contribution in [0.2, 0.25) is 0 Å². The van der Waals surface area contributed by atoms with Gasteiger partial charge in [0.25, 0.3) is 11.6 Å².